The molecule has 0 aliphatic carbocycles. The number of benzene rings is 2. The van der Waals surface area contributed by atoms with Crippen molar-refractivity contribution >= 4 is 11.4 Å². The zero-order valence-electron chi connectivity index (χ0n) is 15.0. The molecular formula is C24H27N. The number of allylic oxidation sites excluding steroid dienone is 3. The summed E-state index contributed by atoms with van der Waals surface area (Å²) in [5.41, 5.74) is 6.31. The van der Waals surface area contributed by atoms with Crippen LogP contribution >= 0.6 is 0 Å². The summed E-state index contributed by atoms with van der Waals surface area (Å²) in [5, 5.41) is 0. The zero-order valence-corrected chi connectivity index (χ0v) is 15.0. The highest BCUT2D eigenvalue weighted by molar-refractivity contribution is 5.70. The van der Waals surface area contributed by atoms with Crippen LogP contribution in [0.1, 0.15) is 16.7 Å². The van der Waals surface area contributed by atoms with E-state index < -0.39 is 0 Å². The van der Waals surface area contributed by atoms with Gasteiger partial charge in [-0.25, -0.2) is 0 Å². The van der Waals surface area contributed by atoms with Gasteiger partial charge < -0.3 is 4.90 Å². The Hall–Kier alpha value is -2.80. The van der Waals surface area contributed by atoms with Gasteiger partial charge in [-0.15, -0.1) is 26.3 Å². The van der Waals surface area contributed by atoms with Gasteiger partial charge in [0.05, 0.1) is 0 Å². The number of hydrogen-bond acceptors (Lipinski definition) is 1. The fraction of sp³-hybridized carbons (Fsp3) is 0.167. The second-order valence-corrected chi connectivity index (χ2v) is 5.91. The van der Waals surface area contributed by atoms with Crippen LogP contribution < -0.4 is 4.90 Å². The average Bonchev–Trinajstić information content (AvgIpc) is 2.64. The Morgan fingerprint density at radius 2 is 1.32 bits per heavy atom. The molecule has 0 unspecified atom stereocenters. The molecule has 1 nitrogen and oxygen atoms in total. The van der Waals surface area contributed by atoms with E-state index in [-0.39, 0.29) is 0 Å². The van der Waals surface area contributed by atoms with Crippen LogP contribution in [0.2, 0.25) is 0 Å². The Kier molecular flexibility index (Phi) is 7.03. The second-order valence-electron chi connectivity index (χ2n) is 5.91. The molecule has 2 aromatic carbocycles. The number of para-hydroxylation sites is 1. The first-order chi connectivity index (χ1) is 12.3. The molecule has 0 spiro atoms. The van der Waals surface area contributed by atoms with Crippen molar-refractivity contribution in [3.8, 4) is 0 Å². The molecule has 1 heteroatoms. The fourth-order valence-corrected chi connectivity index (χ4v) is 3.18. The van der Waals surface area contributed by atoms with Crippen LogP contribution in [-0.2, 0) is 19.3 Å². The largest absolute Gasteiger partial charge is 0.337 e. The molecule has 2 rings (SSSR count). The molecule has 0 N–H and O–H groups in total. The minimum Gasteiger partial charge on any atom is -0.337 e. The molecule has 0 bridgehead atoms. The minimum absolute atomic E-state index is 0.752. The van der Waals surface area contributed by atoms with Gasteiger partial charge in [-0.1, -0.05) is 48.6 Å². The molecular weight excluding hydrogens is 302 g/mol. The molecule has 0 aliphatic rings. The van der Waals surface area contributed by atoms with Gasteiger partial charge in [-0.05, 0) is 54.2 Å². The molecule has 0 saturated heterocycles. The molecule has 0 fully saturated rings. The Labute approximate surface area is 152 Å². The lowest BCUT2D eigenvalue weighted by molar-refractivity contribution is 1.03. The predicted molar refractivity (Wildman–Crippen MR) is 112 cm³/mol. The highest BCUT2D eigenvalue weighted by Gasteiger charge is 2.16. The summed E-state index contributed by atoms with van der Waals surface area (Å²) < 4.78 is 0. The topological polar surface area (TPSA) is 3.24 Å². The van der Waals surface area contributed by atoms with Crippen LogP contribution in [0, 0.1) is 0 Å². The molecule has 128 valence electrons. The van der Waals surface area contributed by atoms with Crippen molar-refractivity contribution in [2.24, 2.45) is 0 Å². The minimum atomic E-state index is 0.752. The van der Waals surface area contributed by atoms with Gasteiger partial charge in [0.2, 0.25) is 0 Å². The summed E-state index contributed by atoms with van der Waals surface area (Å²) in [4.78, 5) is 2.30. The van der Waals surface area contributed by atoms with Crippen LogP contribution in [0.5, 0.6) is 0 Å². The maximum Gasteiger partial charge on any atom is 0.0452 e. The van der Waals surface area contributed by atoms with Crippen molar-refractivity contribution < 1.29 is 0 Å². The van der Waals surface area contributed by atoms with E-state index in [0.717, 1.165) is 31.5 Å². The first kappa shape index (κ1) is 18.5. The number of hydrogen-bond donors (Lipinski definition) is 0. The Balaban J connectivity index is 2.66. The van der Waals surface area contributed by atoms with Crippen molar-refractivity contribution in [3.63, 3.8) is 0 Å². The molecule has 25 heavy (non-hydrogen) atoms. The van der Waals surface area contributed by atoms with Gasteiger partial charge in [0, 0.05) is 17.9 Å². The molecule has 0 aromatic heterocycles. The summed E-state index contributed by atoms with van der Waals surface area (Å²) in [6.45, 7) is 16.5. The number of anilines is 2. The van der Waals surface area contributed by atoms with E-state index in [0.29, 0.717) is 0 Å². The summed E-state index contributed by atoms with van der Waals surface area (Å²) in [5.74, 6) is 0. The second kappa shape index (κ2) is 9.48. The highest BCUT2D eigenvalue weighted by Crippen LogP contribution is 2.33. The number of nitrogens with zero attached hydrogens (tertiary/aromatic N) is 1. The quantitative estimate of drug-likeness (QED) is 0.469. The van der Waals surface area contributed by atoms with E-state index in [9.17, 15) is 0 Å². The molecule has 0 saturated carbocycles. The fourth-order valence-electron chi connectivity index (χ4n) is 3.18. The Bertz CT molecular complexity index is 740. The highest BCUT2D eigenvalue weighted by atomic mass is 15.1. The van der Waals surface area contributed by atoms with Crippen molar-refractivity contribution in [1.29, 1.82) is 0 Å². The van der Waals surface area contributed by atoms with E-state index in [1.165, 1.54) is 22.4 Å². The average molecular weight is 329 g/mol. The summed E-state index contributed by atoms with van der Waals surface area (Å²) in [6, 6.07) is 14.8. The zero-order chi connectivity index (χ0) is 18.1. The van der Waals surface area contributed by atoms with Crippen LogP contribution in [0.15, 0.2) is 93.1 Å². The first-order valence-electron chi connectivity index (χ1n) is 8.66. The Morgan fingerprint density at radius 3 is 1.92 bits per heavy atom. The molecule has 0 atom stereocenters. The lowest BCUT2D eigenvalue weighted by atomic mass is 9.92. The Morgan fingerprint density at radius 1 is 0.680 bits per heavy atom. The van der Waals surface area contributed by atoms with Gasteiger partial charge >= 0.3 is 0 Å². The van der Waals surface area contributed by atoms with Gasteiger partial charge in [0.1, 0.15) is 0 Å². The maximum atomic E-state index is 3.97. The van der Waals surface area contributed by atoms with Crippen molar-refractivity contribution in [3.05, 3.63) is 110 Å². The van der Waals surface area contributed by atoms with E-state index in [1.54, 1.807) is 0 Å². The molecule has 0 aliphatic heterocycles. The standard InChI is InChI=1S/C24H27N/c1-5-12-20-17-18-24(23(14-7-3)22(20)13-6-2)25(19-8-4)21-15-10-9-11-16-21/h5-11,15-18H,1-4,12-14,19H2. The lowest BCUT2D eigenvalue weighted by Gasteiger charge is -2.28. The third-order valence-corrected chi connectivity index (χ3v) is 4.23. The van der Waals surface area contributed by atoms with Crippen LogP contribution in [-0.4, -0.2) is 6.54 Å². The van der Waals surface area contributed by atoms with E-state index >= 15 is 0 Å². The maximum absolute atomic E-state index is 3.97. The van der Waals surface area contributed by atoms with Crippen LogP contribution in [0.3, 0.4) is 0 Å². The summed E-state index contributed by atoms with van der Waals surface area (Å²) in [6.07, 6.45) is 10.4. The molecule has 0 radical (unpaired) electrons. The molecule has 0 heterocycles. The van der Waals surface area contributed by atoms with E-state index in [4.69, 9.17) is 0 Å². The van der Waals surface area contributed by atoms with Gasteiger partial charge in [0.25, 0.3) is 0 Å². The van der Waals surface area contributed by atoms with E-state index in [1.807, 2.05) is 30.4 Å². The summed E-state index contributed by atoms with van der Waals surface area (Å²) >= 11 is 0. The monoisotopic (exact) mass is 329 g/mol. The normalized spacial score (nSPS) is 10.1. The molecule has 2 aromatic rings. The first-order valence-corrected chi connectivity index (χ1v) is 8.66. The van der Waals surface area contributed by atoms with Crippen LogP contribution in [0.4, 0.5) is 11.4 Å². The smallest absolute Gasteiger partial charge is 0.0452 e. The lowest BCUT2D eigenvalue weighted by Crippen LogP contribution is -2.19. The SMILES string of the molecule is C=CCc1ccc(N(CC=C)c2ccccc2)c(CC=C)c1CC=C. The van der Waals surface area contributed by atoms with Crippen molar-refractivity contribution in [2.75, 3.05) is 11.4 Å². The third-order valence-electron chi connectivity index (χ3n) is 4.23. The van der Waals surface area contributed by atoms with Gasteiger partial charge in [0.15, 0.2) is 0 Å². The van der Waals surface area contributed by atoms with Gasteiger partial charge in [-0.2, -0.15) is 0 Å². The predicted octanol–water partition coefficient (Wildman–Crippen LogP) is 6.20. The van der Waals surface area contributed by atoms with Crippen molar-refractivity contribution in [2.45, 2.75) is 19.3 Å². The number of rotatable bonds is 10. The van der Waals surface area contributed by atoms with Crippen molar-refractivity contribution in [1.82, 2.24) is 0 Å². The summed E-state index contributed by atoms with van der Waals surface area (Å²) in [7, 11) is 0. The van der Waals surface area contributed by atoms with E-state index in [2.05, 4.69) is 67.6 Å². The third kappa shape index (κ3) is 4.39. The van der Waals surface area contributed by atoms with Gasteiger partial charge in [-0.3, -0.25) is 0 Å². The van der Waals surface area contributed by atoms with Crippen LogP contribution in [0.25, 0.3) is 0 Å². The molecule has 0 amide bonds.